The van der Waals surface area contributed by atoms with E-state index in [2.05, 4.69) is 24.0 Å². The maximum atomic E-state index is 13.2. The molecular weight excluding hydrogens is 390 g/mol. The van der Waals surface area contributed by atoms with Crippen molar-refractivity contribution in [3.05, 3.63) is 70.8 Å². The van der Waals surface area contributed by atoms with Crippen LogP contribution in [0.2, 0.25) is 0 Å². The van der Waals surface area contributed by atoms with Crippen LogP contribution in [0.1, 0.15) is 63.3 Å². The van der Waals surface area contributed by atoms with Crippen molar-refractivity contribution in [3.63, 3.8) is 0 Å². The molecule has 0 spiro atoms. The number of imide groups is 1. The molecule has 0 aromatic heterocycles. The second kappa shape index (κ2) is 9.02. The summed E-state index contributed by atoms with van der Waals surface area (Å²) >= 11 is 0. The fourth-order valence-electron chi connectivity index (χ4n) is 4.43. The molecular formula is C25H29N3O3. The summed E-state index contributed by atoms with van der Waals surface area (Å²) < 4.78 is 0. The Kier molecular flexibility index (Phi) is 6.18. The van der Waals surface area contributed by atoms with E-state index in [1.54, 1.807) is 18.2 Å². The fraction of sp³-hybridized carbons (Fsp3) is 0.400. The molecule has 2 aliphatic rings. The predicted molar refractivity (Wildman–Crippen MR) is 119 cm³/mol. The first kappa shape index (κ1) is 21.2. The van der Waals surface area contributed by atoms with Crippen molar-refractivity contribution in [1.29, 1.82) is 0 Å². The summed E-state index contributed by atoms with van der Waals surface area (Å²) in [5, 5.41) is 0. The molecule has 31 heavy (non-hydrogen) atoms. The number of fused-ring (bicyclic) bond motifs is 1. The monoisotopic (exact) mass is 419 g/mol. The SMILES string of the molecule is CCCCN1C(=O)c2ccc(C(=O)N3CCN(Cc4ccccc4)CC3C)cc2C1=O. The molecule has 6 nitrogen and oxygen atoms in total. The minimum atomic E-state index is -0.288. The summed E-state index contributed by atoms with van der Waals surface area (Å²) in [6, 6.07) is 15.3. The molecule has 2 aliphatic heterocycles. The second-order valence-corrected chi connectivity index (χ2v) is 8.44. The Balaban J connectivity index is 1.44. The Bertz CT molecular complexity index is 989. The number of rotatable bonds is 6. The highest BCUT2D eigenvalue weighted by atomic mass is 16.2. The molecule has 1 atom stereocenters. The highest BCUT2D eigenvalue weighted by molar-refractivity contribution is 6.22. The van der Waals surface area contributed by atoms with Crippen LogP contribution in [0.5, 0.6) is 0 Å². The highest BCUT2D eigenvalue weighted by Crippen LogP contribution is 2.26. The number of unbranched alkanes of at least 4 members (excludes halogenated alkanes) is 1. The maximum Gasteiger partial charge on any atom is 0.261 e. The lowest BCUT2D eigenvalue weighted by molar-refractivity contribution is 0.0475. The van der Waals surface area contributed by atoms with Gasteiger partial charge >= 0.3 is 0 Å². The minimum absolute atomic E-state index is 0.0663. The second-order valence-electron chi connectivity index (χ2n) is 8.44. The van der Waals surface area contributed by atoms with Crippen LogP contribution in [0.15, 0.2) is 48.5 Å². The third-order valence-corrected chi connectivity index (χ3v) is 6.17. The lowest BCUT2D eigenvalue weighted by Gasteiger charge is -2.40. The summed E-state index contributed by atoms with van der Waals surface area (Å²) in [7, 11) is 0. The third kappa shape index (κ3) is 4.26. The topological polar surface area (TPSA) is 60.9 Å². The molecule has 2 heterocycles. The molecule has 3 amide bonds. The van der Waals surface area contributed by atoms with Gasteiger partial charge in [-0.3, -0.25) is 24.2 Å². The quantitative estimate of drug-likeness (QED) is 0.673. The lowest BCUT2D eigenvalue weighted by Crippen LogP contribution is -2.53. The Labute approximate surface area is 183 Å². The van der Waals surface area contributed by atoms with E-state index in [0.29, 0.717) is 29.8 Å². The molecule has 1 fully saturated rings. The van der Waals surface area contributed by atoms with Crippen LogP contribution >= 0.6 is 0 Å². The highest BCUT2D eigenvalue weighted by Gasteiger charge is 2.36. The first-order chi connectivity index (χ1) is 15.0. The van der Waals surface area contributed by atoms with Crippen molar-refractivity contribution < 1.29 is 14.4 Å². The number of nitrogens with zero attached hydrogens (tertiary/aromatic N) is 3. The van der Waals surface area contributed by atoms with Crippen molar-refractivity contribution in [2.24, 2.45) is 0 Å². The van der Waals surface area contributed by atoms with Gasteiger partial charge in [-0.25, -0.2) is 0 Å². The zero-order valence-corrected chi connectivity index (χ0v) is 18.2. The van der Waals surface area contributed by atoms with Crippen molar-refractivity contribution in [1.82, 2.24) is 14.7 Å². The zero-order valence-electron chi connectivity index (χ0n) is 18.2. The number of carbonyl (C=O) groups excluding carboxylic acids is 3. The van der Waals surface area contributed by atoms with E-state index in [9.17, 15) is 14.4 Å². The largest absolute Gasteiger partial charge is 0.333 e. The van der Waals surface area contributed by atoms with E-state index in [1.807, 2.05) is 30.0 Å². The molecule has 2 aromatic rings. The molecule has 0 aliphatic carbocycles. The standard InChI is InChI=1S/C25H29N3O3/c1-3-4-12-28-24(30)21-11-10-20(15-22(21)25(28)31)23(29)27-14-13-26(16-18(27)2)17-19-8-6-5-7-9-19/h5-11,15,18H,3-4,12-14,16-17H2,1-2H3. The Hall–Kier alpha value is -2.99. The molecule has 0 bridgehead atoms. The van der Waals surface area contributed by atoms with Gasteiger partial charge in [0.15, 0.2) is 0 Å². The summed E-state index contributed by atoms with van der Waals surface area (Å²) in [5.41, 5.74) is 2.49. The van der Waals surface area contributed by atoms with Crippen LogP contribution < -0.4 is 0 Å². The first-order valence-corrected chi connectivity index (χ1v) is 11.1. The van der Waals surface area contributed by atoms with Crippen LogP contribution in [-0.2, 0) is 6.54 Å². The number of hydrogen-bond acceptors (Lipinski definition) is 4. The number of hydrogen-bond donors (Lipinski definition) is 0. The van der Waals surface area contributed by atoms with Gasteiger partial charge in [0.05, 0.1) is 11.1 Å². The summed E-state index contributed by atoms with van der Waals surface area (Å²) in [6.45, 7) is 7.62. The fourth-order valence-corrected chi connectivity index (χ4v) is 4.43. The van der Waals surface area contributed by atoms with Crippen molar-refractivity contribution in [2.75, 3.05) is 26.2 Å². The van der Waals surface area contributed by atoms with Gasteiger partial charge in [0, 0.05) is 44.3 Å². The number of amides is 3. The molecule has 0 saturated carbocycles. The van der Waals surface area contributed by atoms with Gasteiger partial charge < -0.3 is 4.90 Å². The predicted octanol–water partition coefficient (Wildman–Crippen LogP) is 3.43. The summed E-state index contributed by atoms with van der Waals surface area (Å²) in [6.07, 6.45) is 1.69. The summed E-state index contributed by atoms with van der Waals surface area (Å²) in [5.74, 6) is -0.624. The van der Waals surface area contributed by atoms with Gasteiger partial charge in [-0.1, -0.05) is 43.7 Å². The molecule has 1 saturated heterocycles. The Morgan fingerprint density at radius 1 is 1.00 bits per heavy atom. The van der Waals surface area contributed by atoms with E-state index >= 15 is 0 Å². The molecule has 0 N–H and O–H groups in total. The molecule has 6 heteroatoms. The van der Waals surface area contributed by atoms with Gasteiger partial charge in [0.1, 0.15) is 0 Å². The van der Waals surface area contributed by atoms with Crippen molar-refractivity contribution in [2.45, 2.75) is 39.3 Å². The van der Waals surface area contributed by atoms with E-state index in [1.165, 1.54) is 10.5 Å². The number of piperazine rings is 1. The van der Waals surface area contributed by atoms with Gasteiger partial charge in [-0.2, -0.15) is 0 Å². The van der Waals surface area contributed by atoms with Gasteiger partial charge in [0.2, 0.25) is 0 Å². The van der Waals surface area contributed by atoms with E-state index in [-0.39, 0.29) is 23.8 Å². The smallest absolute Gasteiger partial charge is 0.261 e. The average molecular weight is 420 g/mol. The van der Waals surface area contributed by atoms with Crippen molar-refractivity contribution >= 4 is 17.7 Å². The first-order valence-electron chi connectivity index (χ1n) is 11.1. The van der Waals surface area contributed by atoms with E-state index < -0.39 is 0 Å². The minimum Gasteiger partial charge on any atom is -0.333 e. The van der Waals surface area contributed by atoms with Crippen LogP contribution in [0.4, 0.5) is 0 Å². The molecule has 162 valence electrons. The molecule has 1 unspecified atom stereocenters. The van der Waals surface area contributed by atoms with E-state index in [4.69, 9.17) is 0 Å². The van der Waals surface area contributed by atoms with E-state index in [0.717, 1.165) is 32.5 Å². The third-order valence-electron chi connectivity index (χ3n) is 6.17. The average Bonchev–Trinajstić information content (AvgIpc) is 3.02. The lowest BCUT2D eigenvalue weighted by atomic mass is 10.0. The van der Waals surface area contributed by atoms with Gasteiger partial charge in [-0.15, -0.1) is 0 Å². The Morgan fingerprint density at radius 2 is 1.74 bits per heavy atom. The number of carbonyl (C=O) groups is 3. The van der Waals surface area contributed by atoms with Crippen LogP contribution in [0, 0.1) is 0 Å². The summed E-state index contributed by atoms with van der Waals surface area (Å²) in [4.78, 5) is 44.0. The van der Waals surface area contributed by atoms with Crippen molar-refractivity contribution in [3.8, 4) is 0 Å². The van der Waals surface area contributed by atoms with Crippen LogP contribution in [0.3, 0.4) is 0 Å². The van der Waals surface area contributed by atoms with Gasteiger partial charge in [0.25, 0.3) is 17.7 Å². The van der Waals surface area contributed by atoms with Crippen LogP contribution in [0.25, 0.3) is 0 Å². The Morgan fingerprint density at radius 3 is 2.45 bits per heavy atom. The van der Waals surface area contributed by atoms with Crippen LogP contribution in [-0.4, -0.2) is 64.6 Å². The molecule has 4 rings (SSSR count). The molecule has 2 aromatic carbocycles. The maximum absolute atomic E-state index is 13.2. The number of benzene rings is 2. The molecule has 0 radical (unpaired) electrons. The van der Waals surface area contributed by atoms with Gasteiger partial charge in [-0.05, 0) is 37.1 Å². The normalized spacial score (nSPS) is 19.1. The zero-order chi connectivity index (χ0) is 22.0.